The second-order valence-corrected chi connectivity index (χ2v) is 6.00. The molecule has 0 fully saturated rings. The van der Waals surface area contributed by atoms with E-state index in [2.05, 4.69) is 34.2 Å². The van der Waals surface area contributed by atoms with Crippen molar-refractivity contribution in [2.75, 3.05) is 0 Å². The van der Waals surface area contributed by atoms with Crippen molar-refractivity contribution < 1.29 is 4.43 Å². The fraction of sp³-hybridized carbons (Fsp3) is 0.0833. The Morgan fingerprint density at radius 2 is 1.27 bits per heavy atom. The molecule has 1 nitrogen and oxygen atoms in total. The molecule has 0 bridgehead atoms. The molecule has 1 atom stereocenters. The van der Waals surface area contributed by atoms with Gasteiger partial charge in [0, 0.05) is 22.3 Å². The van der Waals surface area contributed by atoms with Gasteiger partial charge in [-0.2, -0.15) is 0 Å². The summed E-state index contributed by atoms with van der Waals surface area (Å²) in [5.41, 5.74) is 4.74. The summed E-state index contributed by atoms with van der Waals surface area (Å²) < 4.78 is 5.34. The van der Waals surface area contributed by atoms with E-state index in [1.54, 1.807) is 0 Å². The van der Waals surface area contributed by atoms with Crippen molar-refractivity contribution in [1.82, 2.24) is 0 Å². The lowest BCUT2D eigenvalue weighted by atomic mass is 9.97. The Morgan fingerprint density at radius 1 is 0.692 bits per heavy atom. The van der Waals surface area contributed by atoms with Gasteiger partial charge in [-0.1, -0.05) is 72.2 Å². The highest BCUT2D eigenvalue weighted by molar-refractivity contribution is 5.98. The van der Waals surface area contributed by atoms with Crippen LogP contribution in [0.15, 0.2) is 78.9 Å². The molecule has 0 spiro atoms. The second-order valence-electron chi connectivity index (χ2n) is 5.76. The predicted molar refractivity (Wildman–Crippen MR) is 107 cm³/mol. The van der Waals surface area contributed by atoms with E-state index in [0.29, 0.717) is 0 Å². The van der Waals surface area contributed by atoms with Gasteiger partial charge in [-0.25, -0.2) is 0 Å². The van der Waals surface area contributed by atoms with Crippen LogP contribution in [0, 0.1) is 23.7 Å². The summed E-state index contributed by atoms with van der Waals surface area (Å²) in [4.78, 5) is 0. The predicted octanol–water partition coefficient (Wildman–Crippen LogP) is 4.65. The standard InChI is InChI=1S/C24H17OSi/c1-19(25-26)23-14-8-13-22(17-15-20-9-4-2-5-10-20)24(23)18-16-21-11-6-3-7-12-21/h2-14,19H,1H3. The van der Waals surface area contributed by atoms with Crippen molar-refractivity contribution in [3.63, 3.8) is 0 Å². The van der Waals surface area contributed by atoms with Gasteiger partial charge in [-0.3, -0.25) is 0 Å². The average molecular weight is 349 g/mol. The molecule has 3 radical (unpaired) electrons. The van der Waals surface area contributed by atoms with E-state index in [-0.39, 0.29) is 6.10 Å². The number of hydrogen-bond donors (Lipinski definition) is 0. The molecule has 1 unspecified atom stereocenters. The molecular formula is C24H17OSi. The third-order valence-corrected chi connectivity index (χ3v) is 4.29. The highest BCUT2D eigenvalue weighted by atomic mass is 28.2. The second kappa shape index (κ2) is 8.88. The topological polar surface area (TPSA) is 9.23 Å². The van der Waals surface area contributed by atoms with Crippen LogP contribution < -0.4 is 0 Å². The van der Waals surface area contributed by atoms with Crippen molar-refractivity contribution in [3.05, 3.63) is 107 Å². The van der Waals surface area contributed by atoms with E-state index < -0.39 is 0 Å². The summed E-state index contributed by atoms with van der Waals surface area (Å²) >= 11 is 0. The van der Waals surface area contributed by atoms with Crippen LogP contribution in [-0.4, -0.2) is 10.5 Å². The van der Waals surface area contributed by atoms with E-state index >= 15 is 0 Å². The van der Waals surface area contributed by atoms with Gasteiger partial charge in [0.15, 0.2) is 0 Å². The van der Waals surface area contributed by atoms with Gasteiger partial charge in [0.05, 0.1) is 6.10 Å². The maximum Gasteiger partial charge on any atom is 0.247 e. The van der Waals surface area contributed by atoms with Crippen molar-refractivity contribution in [2.24, 2.45) is 0 Å². The minimum atomic E-state index is -0.134. The van der Waals surface area contributed by atoms with E-state index in [0.717, 1.165) is 27.8 Å². The number of benzene rings is 3. The summed E-state index contributed by atoms with van der Waals surface area (Å²) in [6.07, 6.45) is -0.134. The molecule has 0 saturated carbocycles. The van der Waals surface area contributed by atoms with Crippen LogP contribution in [0.4, 0.5) is 0 Å². The van der Waals surface area contributed by atoms with Gasteiger partial charge >= 0.3 is 0 Å². The molecule has 0 aromatic heterocycles. The van der Waals surface area contributed by atoms with Gasteiger partial charge in [0.1, 0.15) is 0 Å². The molecule has 2 heteroatoms. The Morgan fingerprint density at radius 3 is 1.85 bits per heavy atom. The Hall–Kier alpha value is -3.04. The Kier molecular flexibility index (Phi) is 6.07. The molecule has 26 heavy (non-hydrogen) atoms. The van der Waals surface area contributed by atoms with Crippen molar-refractivity contribution in [2.45, 2.75) is 13.0 Å². The zero-order chi connectivity index (χ0) is 18.2. The lowest BCUT2D eigenvalue weighted by Crippen LogP contribution is -2.02. The molecule has 0 N–H and O–H groups in total. The minimum Gasteiger partial charge on any atom is -0.412 e. The average Bonchev–Trinajstić information content (AvgIpc) is 2.71. The largest absolute Gasteiger partial charge is 0.412 e. The quantitative estimate of drug-likeness (QED) is 0.483. The van der Waals surface area contributed by atoms with Crippen molar-refractivity contribution in [3.8, 4) is 23.7 Å². The Balaban J connectivity index is 2.07. The summed E-state index contributed by atoms with van der Waals surface area (Å²) in [5.74, 6) is 13.0. The van der Waals surface area contributed by atoms with Crippen molar-refractivity contribution in [1.29, 1.82) is 0 Å². The number of rotatable bonds is 2. The van der Waals surface area contributed by atoms with Crippen LogP contribution in [-0.2, 0) is 4.43 Å². The fourth-order valence-electron chi connectivity index (χ4n) is 2.53. The highest BCUT2D eigenvalue weighted by Crippen LogP contribution is 2.22. The first-order valence-electron chi connectivity index (χ1n) is 8.37. The molecule has 0 saturated heterocycles. The van der Waals surface area contributed by atoms with Crippen LogP contribution in [0.5, 0.6) is 0 Å². The first kappa shape index (κ1) is 17.8. The summed E-state index contributed by atoms with van der Waals surface area (Å²) in [6, 6.07) is 25.9. The molecule has 0 aliphatic carbocycles. The van der Waals surface area contributed by atoms with Gasteiger partial charge in [0.25, 0.3) is 0 Å². The normalized spacial score (nSPS) is 10.8. The van der Waals surface area contributed by atoms with Crippen LogP contribution in [0.3, 0.4) is 0 Å². The first-order valence-corrected chi connectivity index (χ1v) is 8.78. The van der Waals surface area contributed by atoms with Gasteiger partial charge in [0.2, 0.25) is 10.5 Å². The Labute approximate surface area is 158 Å². The van der Waals surface area contributed by atoms with Gasteiger partial charge in [-0.05, 0) is 42.8 Å². The smallest absolute Gasteiger partial charge is 0.247 e. The highest BCUT2D eigenvalue weighted by Gasteiger charge is 2.11. The molecule has 0 aliphatic rings. The Bertz CT molecular complexity index is 986. The van der Waals surface area contributed by atoms with E-state index in [1.807, 2.05) is 85.8 Å². The van der Waals surface area contributed by atoms with Crippen molar-refractivity contribution >= 4 is 10.5 Å². The lowest BCUT2D eigenvalue weighted by Gasteiger charge is -2.13. The summed E-state index contributed by atoms with van der Waals surface area (Å²) in [5, 5.41) is 0. The molecule has 3 aromatic rings. The van der Waals surface area contributed by atoms with E-state index in [4.69, 9.17) is 4.43 Å². The van der Waals surface area contributed by atoms with Gasteiger partial charge < -0.3 is 4.43 Å². The molecular weight excluding hydrogens is 332 g/mol. The zero-order valence-corrected chi connectivity index (χ0v) is 15.5. The fourth-order valence-corrected chi connectivity index (χ4v) is 2.66. The maximum absolute atomic E-state index is 5.34. The molecule has 0 heterocycles. The minimum absolute atomic E-state index is 0.134. The molecule has 0 aliphatic heterocycles. The zero-order valence-electron chi connectivity index (χ0n) is 14.5. The van der Waals surface area contributed by atoms with Crippen LogP contribution >= 0.6 is 0 Å². The van der Waals surface area contributed by atoms with Crippen LogP contribution in [0.25, 0.3) is 0 Å². The molecule has 3 aromatic carbocycles. The SMILES string of the molecule is CC(O[Si])c1cccc(C#Cc2ccccc2)c1C#Cc1ccccc1. The van der Waals surface area contributed by atoms with E-state index in [9.17, 15) is 0 Å². The molecule has 123 valence electrons. The third-order valence-electron chi connectivity index (χ3n) is 3.93. The first-order chi connectivity index (χ1) is 12.8. The van der Waals surface area contributed by atoms with Gasteiger partial charge in [-0.15, -0.1) is 0 Å². The molecule has 3 rings (SSSR count). The summed E-state index contributed by atoms with van der Waals surface area (Å²) in [7, 11) is 3.15. The summed E-state index contributed by atoms with van der Waals surface area (Å²) in [6.45, 7) is 1.98. The monoisotopic (exact) mass is 349 g/mol. The molecule has 0 amide bonds. The number of hydrogen-bond acceptors (Lipinski definition) is 1. The van der Waals surface area contributed by atoms with Crippen LogP contribution in [0.2, 0.25) is 0 Å². The van der Waals surface area contributed by atoms with Crippen LogP contribution in [0.1, 0.15) is 40.8 Å². The van der Waals surface area contributed by atoms with E-state index in [1.165, 1.54) is 0 Å². The lowest BCUT2D eigenvalue weighted by molar-refractivity contribution is 0.250. The third kappa shape index (κ3) is 4.52. The maximum atomic E-state index is 5.34.